The zero-order chi connectivity index (χ0) is 16.7. The van der Waals surface area contributed by atoms with Crippen molar-refractivity contribution in [1.29, 1.82) is 0 Å². The first-order chi connectivity index (χ1) is 10.3. The maximum atomic E-state index is 12.3. The van der Waals surface area contributed by atoms with Gasteiger partial charge in [-0.05, 0) is 19.1 Å². The van der Waals surface area contributed by atoms with Gasteiger partial charge in [-0.15, -0.1) is 0 Å². The van der Waals surface area contributed by atoms with Crippen LogP contribution in [0.2, 0.25) is 0 Å². The summed E-state index contributed by atoms with van der Waals surface area (Å²) < 4.78 is 33.5. The second kappa shape index (κ2) is 7.91. The molecule has 0 fully saturated rings. The Labute approximate surface area is 124 Å². The van der Waals surface area contributed by atoms with Gasteiger partial charge in [0.15, 0.2) is 6.10 Å². The van der Waals surface area contributed by atoms with Crippen molar-refractivity contribution in [2.45, 2.75) is 19.6 Å². The van der Waals surface area contributed by atoms with E-state index in [1.807, 2.05) is 5.32 Å². The number of benzene rings is 1. The highest BCUT2D eigenvalue weighted by molar-refractivity contribution is 5.99. The predicted octanol–water partition coefficient (Wildman–Crippen LogP) is 1.29. The van der Waals surface area contributed by atoms with Crippen LogP contribution < -0.4 is 15.4 Å². The number of urea groups is 1. The standard InChI is InChI=1S/C13H14F2N2O5/c1-7(10(18)17-13(20)16-2)21-11(19)8-5-3-4-6-9(8)22-12(14)15/h3-7,12H,1-2H3,(H2,16,17,18,20). The second-order valence-electron chi connectivity index (χ2n) is 3.99. The monoisotopic (exact) mass is 316 g/mol. The molecule has 0 saturated carbocycles. The van der Waals surface area contributed by atoms with Gasteiger partial charge < -0.3 is 14.8 Å². The van der Waals surface area contributed by atoms with E-state index in [9.17, 15) is 23.2 Å². The lowest BCUT2D eigenvalue weighted by atomic mass is 10.2. The van der Waals surface area contributed by atoms with Crippen LogP contribution in [-0.2, 0) is 9.53 Å². The van der Waals surface area contributed by atoms with Gasteiger partial charge in [0.2, 0.25) is 0 Å². The number of hydrogen-bond donors (Lipinski definition) is 2. The summed E-state index contributed by atoms with van der Waals surface area (Å²) in [7, 11) is 1.30. The molecule has 0 aliphatic rings. The van der Waals surface area contributed by atoms with E-state index in [1.165, 1.54) is 32.2 Å². The minimum absolute atomic E-state index is 0.262. The van der Waals surface area contributed by atoms with E-state index >= 15 is 0 Å². The molecule has 3 amide bonds. The molecular weight excluding hydrogens is 302 g/mol. The Bertz CT molecular complexity index is 565. The number of nitrogens with one attached hydrogen (secondary N) is 2. The number of ether oxygens (including phenoxy) is 2. The zero-order valence-corrected chi connectivity index (χ0v) is 11.8. The number of carbonyl (C=O) groups is 3. The third kappa shape index (κ3) is 5.00. The summed E-state index contributed by atoms with van der Waals surface area (Å²) in [4.78, 5) is 34.4. The van der Waals surface area contributed by atoms with Gasteiger partial charge in [-0.25, -0.2) is 9.59 Å². The van der Waals surface area contributed by atoms with Crippen molar-refractivity contribution in [3.63, 3.8) is 0 Å². The number of esters is 1. The molecule has 0 saturated heterocycles. The highest BCUT2D eigenvalue weighted by atomic mass is 19.3. The molecule has 2 N–H and O–H groups in total. The van der Waals surface area contributed by atoms with Crippen LogP contribution in [0.3, 0.4) is 0 Å². The molecule has 0 aromatic heterocycles. The van der Waals surface area contributed by atoms with Gasteiger partial charge in [-0.3, -0.25) is 10.1 Å². The van der Waals surface area contributed by atoms with Gasteiger partial charge in [-0.1, -0.05) is 12.1 Å². The highest BCUT2D eigenvalue weighted by Crippen LogP contribution is 2.21. The van der Waals surface area contributed by atoms with Gasteiger partial charge in [0.1, 0.15) is 11.3 Å². The Balaban J connectivity index is 2.76. The number of carbonyl (C=O) groups excluding carboxylic acids is 3. The van der Waals surface area contributed by atoms with Crippen molar-refractivity contribution in [2.75, 3.05) is 7.05 Å². The third-order valence-electron chi connectivity index (χ3n) is 2.44. The van der Waals surface area contributed by atoms with Crippen molar-refractivity contribution in [1.82, 2.24) is 10.6 Å². The summed E-state index contributed by atoms with van der Waals surface area (Å²) in [5.41, 5.74) is -0.262. The van der Waals surface area contributed by atoms with Crippen molar-refractivity contribution in [3.05, 3.63) is 29.8 Å². The topological polar surface area (TPSA) is 93.7 Å². The van der Waals surface area contributed by atoms with Crippen molar-refractivity contribution in [2.24, 2.45) is 0 Å². The number of imide groups is 1. The summed E-state index contributed by atoms with van der Waals surface area (Å²) >= 11 is 0. The molecule has 9 heteroatoms. The van der Waals surface area contributed by atoms with Crippen LogP contribution in [0.25, 0.3) is 0 Å². The second-order valence-corrected chi connectivity index (χ2v) is 3.99. The van der Waals surface area contributed by atoms with E-state index in [-0.39, 0.29) is 11.3 Å². The lowest BCUT2D eigenvalue weighted by Crippen LogP contribution is -2.43. The maximum absolute atomic E-state index is 12.3. The van der Waals surface area contributed by atoms with Gasteiger partial charge in [0, 0.05) is 7.05 Å². The fourth-order valence-electron chi connectivity index (χ4n) is 1.39. The van der Waals surface area contributed by atoms with E-state index in [0.29, 0.717) is 0 Å². The first-order valence-electron chi connectivity index (χ1n) is 6.12. The first kappa shape index (κ1) is 17.3. The molecule has 0 bridgehead atoms. The van der Waals surface area contributed by atoms with Crippen molar-refractivity contribution in [3.8, 4) is 5.75 Å². The molecule has 0 heterocycles. The van der Waals surface area contributed by atoms with Gasteiger partial charge in [0.05, 0.1) is 0 Å². The average molecular weight is 316 g/mol. The van der Waals surface area contributed by atoms with Crippen LogP contribution in [0.4, 0.5) is 13.6 Å². The van der Waals surface area contributed by atoms with Crippen LogP contribution in [0.5, 0.6) is 5.75 Å². The number of rotatable bonds is 5. The molecule has 1 atom stereocenters. The Morgan fingerprint density at radius 3 is 2.41 bits per heavy atom. The summed E-state index contributed by atoms with van der Waals surface area (Å²) in [6.45, 7) is -1.88. The summed E-state index contributed by atoms with van der Waals surface area (Å²) in [6.07, 6.45) is -1.30. The molecule has 120 valence electrons. The Hall–Kier alpha value is -2.71. The SMILES string of the molecule is CNC(=O)NC(=O)C(C)OC(=O)c1ccccc1OC(F)F. The normalized spacial score (nSPS) is 11.5. The molecule has 7 nitrogen and oxygen atoms in total. The lowest BCUT2D eigenvalue weighted by Gasteiger charge is -2.14. The Morgan fingerprint density at radius 1 is 1.18 bits per heavy atom. The molecule has 0 radical (unpaired) electrons. The van der Waals surface area contributed by atoms with Gasteiger partial charge in [-0.2, -0.15) is 8.78 Å². The first-order valence-corrected chi connectivity index (χ1v) is 6.12. The zero-order valence-electron chi connectivity index (χ0n) is 11.8. The molecule has 1 aromatic rings. The van der Waals surface area contributed by atoms with E-state index in [1.54, 1.807) is 0 Å². The minimum Gasteiger partial charge on any atom is -0.449 e. The highest BCUT2D eigenvalue weighted by Gasteiger charge is 2.23. The molecule has 22 heavy (non-hydrogen) atoms. The summed E-state index contributed by atoms with van der Waals surface area (Å²) in [5.74, 6) is -2.27. The average Bonchev–Trinajstić information content (AvgIpc) is 2.46. The molecule has 1 aromatic carbocycles. The largest absolute Gasteiger partial charge is 0.449 e. The van der Waals surface area contributed by atoms with Crippen molar-refractivity contribution >= 4 is 17.9 Å². The van der Waals surface area contributed by atoms with E-state index in [0.717, 1.165) is 6.07 Å². The fraction of sp³-hybridized carbons (Fsp3) is 0.308. The minimum atomic E-state index is -3.11. The molecule has 1 rings (SSSR count). The third-order valence-corrected chi connectivity index (χ3v) is 2.44. The smallest absolute Gasteiger partial charge is 0.387 e. The number of halogens is 2. The summed E-state index contributed by atoms with van der Waals surface area (Å²) in [6, 6.07) is 4.43. The summed E-state index contributed by atoms with van der Waals surface area (Å²) in [5, 5.41) is 4.07. The number of hydrogen-bond acceptors (Lipinski definition) is 5. The van der Waals surface area contributed by atoms with Crippen LogP contribution in [-0.4, -0.2) is 37.7 Å². The predicted molar refractivity (Wildman–Crippen MR) is 70.5 cm³/mol. The van der Waals surface area contributed by atoms with E-state index in [2.05, 4.69) is 10.1 Å². The Morgan fingerprint density at radius 2 is 1.82 bits per heavy atom. The number of para-hydroxylation sites is 1. The molecule has 0 spiro atoms. The van der Waals surface area contributed by atoms with Gasteiger partial charge in [0.25, 0.3) is 5.91 Å². The van der Waals surface area contributed by atoms with E-state index < -0.39 is 30.6 Å². The molecular formula is C13H14F2N2O5. The van der Waals surface area contributed by atoms with Crippen LogP contribution >= 0.6 is 0 Å². The quantitative estimate of drug-likeness (QED) is 0.798. The fourth-order valence-corrected chi connectivity index (χ4v) is 1.39. The van der Waals surface area contributed by atoms with E-state index in [4.69, 9.17) is 4.74 Å². The molecule has 0 aliphatic carbocycles. The van der Waals surface area contributed by atoms with Crippen LogP contribution in [0, 0.1) is 0 Å². The molecule has 1 unspecified atom stereocenters. The Kier molecular flexibility index (Phi) is 6.24. The van der Waals surface area contributed by atoms with Gasteiger partial charge >= 0.3 is 18.6 Å². The van der Waals surface area contributed by atoms with Crippen LogP contribution in [0.1, 0.15) is 17.3 Å². The number of amides is 3. The lowest BCUT2D eigenvalue weighted by molar-refractivity contribution is -0.128. The number of alkyl halides is 2. The molecule has 0 aliphatic heterocycles. The van der Waals surface area contributed by atoms with Crippen molar-refractivity contribution < 1.29 is 32.6 Å². The maximum Gasteiger partial charge on any atom is 0.387 e. The van der Waals surface area contributed by atoms with Crippen LogP contribution in [0.15, 0.2) is 24.3 Å².